The third-order valence-electron chi connectivity index (χ3n) is 3.24. The van der Waals surface area contributed by atoms with E-state index in [1.165, 1.54) is 0 Å². The molecule has 0 saturated heterocycles. The monoisotopic (exact) mass is 287 g/mol. The molecule has 0 aliphatic carbocycles. The van der Waals surface area contributed by atoms with Crippen LogP contribution in [0.15, 0.2) is 28.7 Å². The molecule has 4 nitrogen and oxygen atoms in total. The number of nitrogens with two attached hydrogens (primary N) is 1. The van der Waals surface area contributed by atoms with Gasteiger partial charge in [0, 0.05) is 7.05 Å². The molecule has 20 heavy (non-hydrogen) atoms. The normalized spacial score (nSPS) is 11.2. The average Bonchev–Trinajstić information content (AvgIpc) is 2.93. The Morgan fingerprint density at radius 2 is 2.10 bits per heavy atom. The Morgan fingerprint density at radius 3 is 2.80 bits per heavy atom. The van der Waals surface area contributed by atoms with Gasteiger partial charge < -0.3 is 15.1 Å². The van der Waals surface area contributed by atoms with Crippen molar-refractivity contribution in [1.82, 2.24) is 4.98 Å². The third kappa shape index (κ3) is 2.36. The van der Waals surface area contributed by atoms with Crippen LogP contribution in [0.5, 0.6) is 0 Å². The minimum Gasteiger partial charge on any atom is -0.464 e. The van der Waals surface area contributed by atoms with Gasteiger partial charge in [-0.1, -0.05) is 0 Å². The number of aromatic nitrogens is 1. The molecule has 0 spiro atoms. The fourth-order valence-electron chi connectivity index (χ4n) is 2.31. The molecule has 5 heteroatoms. The van der Waals surface area contributed by atoms with Gasteiger partial charge >= 0.3 is 0 Å². The fourth-order valence-corrected chi connectivity index (χ4v) is 3.17. The van der Waals surface area contributed by atoms with Crippen LogP contribution in [0, 0.1) is 13.8 Å². The molecular weight excluding hydrogens is 270 g/mol. The minimum atomic E-state index is 0.687. The molecule has 0 fully saturated rings. The number of aryl methyl sites for hydroxylation is 2. The van der Waals surface area contributed by atoms with Crippen LogP contribution in [-0.4, -0.2) is 12.0 Å². The van der Waals surface area contributed by atoms with Crippen LogP contribution in [0.2, 0.25) is 0 Å². The Balaban J connectivity index is 1.93. The summed E-state index contributed by atoms with van der Waals surface area (Å²) < 4.78 is 6.74. The van der Waals surface area contributed by atoms with Crippen LogP contribution in [-0.2, 0) is 6.54 Å². The number of benzene rings is 1. The van der Waals surface area contributed by atoms with Crippen molar-refractivity contribution < 1.29 is 4.42 Å². The minimum absolute atomic E-state index is 0.687. The zero-order valence-corrected chi connectivity index (χ0v) is 12.6. The Morgan fingerprint density at radius 1 is 1.30 bits per heavy atom. The fraction of sp³-hybridized carbons (Fsp3) is 0.267. The summed E-state index contributed by atoms with van der Waals surface area (Å²) in [5, 5.41) is 1.06. The van der Waals surface area contributed by atoms with Gasteiger partial charge in [0.25, 0.3) is 0 Å². The van der Waals surface area contributed by atoms with E-state index in [0.29, 0.717) is 6.54 Å². The summed E-state index contributed by atoms with van der Waals surface area (Å²) in [6.07, 6.45) is 0. The van der Waals surface area contributed by atoms with Crippen molar-refractivity contribution >= 4 is 32.9 Å². The van der Waals surface area contributed by atoms with Crippen molar-refractivity contribution in [1.29, 1.82) is 0 Å². The second kappa shape index (κ2) is 4.83. The SMILES string of the molecule is Cc1ccc(CN(C)c2cc3nc(C)sc3cc2N)o1. The largest absolute Gasteiger partial charge is 0.464 e. The molecule has 3 aromatic rings. The molecule has 2 heterocycles. The highest BCUT2D eigenvalue weighted by molar-refractivity contribution is 7.18. The standard InChI is InChI=1S/C15H17N3OS/c1-9-4-5-11(19-9)8-18(3)14-7-13-15(6-12(14)16)20-10(2)17-13/h4-7H,8,16H2,1-3H3. The molecule has 0 bridgehead atoms. The van der Waals surface area contributed by atoms with Gasteiger partial charge in [0.1, 0.15) is 11.5 Å². The van der Waals surface area contributed by atoms with E-state index in [9.17, 15) is 0 Å². The smallest absolute Gasteiger partial charge is 0.123 e. The summed E-state index contributed by atoms with van der Waals surface area (Å²) in [6.45, 7) is 4.64. The van der Waals surface area contributed by atoms with Gasteiger partial charge in [0.05, 0.1) is 33.1 Å². The molecule has 104 valence electrons. The van der Waals surface area contributed by atoms with Gasteiger partial charge in [0.15, 0.2) is 0 Å². The second-order valence-electron chi connectivity index (χ2n) is 4.98. The predicted molar refractivity (Wildman–Crippen MR) is 84.3 cm³/mol. The number of thiazole rings is 1. The molecule has 0 aliphatic heterocycles. The summed E-state index contributed by atoms with van der Waals surface area (Å²) in [4.78, 5) is 6.61. The molecule has 0 amide bonds. The zero-order chi connectivity index (χ0) is 14.3. The highest BCUT2D eigenvalue weighted by Crippen LogP contribution is 2.32. The van der Waals surface area contributed by atoms with Crippen molar-refractivity contribution in [2.24, 2.45) is 0 Å². The van der Waals surface area contributed by atoms with Gasteiger partial charge in [-0.15, -0.1) is 11.3 Å². The molecule has 0 unspecified atom stereocenters. The van der Waals surface area contributed by atoms with E-state index >= 15 is 0 Å². The van der Waals surface area contributed by atoms with Crippen molar-refractivity contribution in [3.63, 3.8) is 0 Å². The van der Waals surface area contributed by atoms with Crippen molar-refractivity contribution in [3.05, 3.63) is 40.8 Å². The number of fused-ring (bicyclic) bond motifs is 1. The van der Waals surface area contributed by atoms with Crippen molar-refractivity contribution in [3.8, 4) is 0 Å². The lowest BCUT2D eigenvalue weighted by Gasteiger charge is -2.19. The van der Waals surface area contributed by atoms with Crippen LogP contribution in [0.3, 0.4) is 0 Å². The highest BCUT2D eigenvalue weighted by atomic mass is 32.1. The maximum atomic E-state index is 6.16. The van der Waals surface area contributed by atoms with Gasteiger partial charge in [-0.2, -0.15) is 0 Å². The number of furan rings is 1. The van der Waals surface area contributed by atoms with E-state index < -0.39 is 0 Å². The van der Waals surface area contributed by atoms with E-state index in [4.69, 9.17) is 10.2 Å². The van der Waals surface area contributed by atoms with Crippen LogP contribution < -0.4 is 10.6 Å². The maximum absolute atomic E-state index is 6.16. The summed E-state index contributed by atoms with van der Waals surface area (Å²) in [5.74, 6) is 1.85. The first-order valence-corrected chi connectivity index (χ1v) is 7.27. The molecular formula is C15H17N3OS. The number of hydrogen-bond donors (Lipinski definition) is 1. The summed E-state index contributed by atoms with van der Waals surface area (Å²) in [5.41, 5.74) is 8.92. The quantitative estimate of drug-likeness (QED) is 0.746. The number of nitrogens with zero attached hydrogens (tertiary/aromatic N) is 2. The van der Waals surface area contributed by atoms with Gasteiger partial charge in [-0.25, -0.2) is 4.98 Å². The highest BCUT2D eigenvalue weighted by Gasteiger charge is 2.11. The number of rotatable bonds is 3. The second-order valence-corrected chi connectivity index (χ2v) is 6.21. The lowest BCUT2D eigenvalue weighted by molar-refractivity contribution is 0.482. The molecule has 2 N–H and O–H groups in total. The van der Waals surface area contributed by atoms with E-state index in [-0.39, 0.29) is 0 Å². The first-order chi connectivity index (χ1) is 9.52. The molecule has 0 atom stereocenters. The Labute approximate surface area is 121 Å². The van der Waals surface area contributed by atoms with Crippen molar-refractivity contribution in [2.45, 2.75) is 20.4 Å². The van der Waals surface area contributed by atoms with Crippen molar-refractivity contribution in [2.75, 3.05) is 17.7 Å². The van der Waals surface area contributed by atoms with E-state index in [1.807, 2.05) is 45.2 Å². The average molecular weight is 287 g/mol. The van der Waals surface area contributed by atoms with E-state index in [1.54, 1.807) is 11.3 Å². The van der Waals surface area contributed by atoms with Crippen LogP contribution >= 0.6 is 11.3 Å². The third-order valence-corrected chi connectivity index (χ3v) is 4.18. The lowest BCUT2D eigenvalue weighted by atomic mass is 10.2. The zero-order valence-electron chi connectivity index (χ0n) is 11.8. The van der Waals surface area contributed by atoms with Crippen LogP contribution in [0.1, 0.15) is 16.5 Å². The Kier molecular flexibility index (Phi) is 3.14. The molecule has 0 saturated carbocycles. The van der Waals surface area contributed by atoms with Crippen LogP contribution in [0.4, 0.5) is 11.4 Å². The number of anilines is 2. The molecule has 1 aromatic carbocycles. The van der Waals surface area contributed by atoms with E-state index in [2.05, 4.69) is 9.88 Å². The molecule has 0 radical (unpaired) electrons. The number of nitrogen functional groups attached to an aromatic ring is 1. The summed E-state index contributed by atoms with van der Waals surface area (Å²) in [7, 11) is 2.01. The molecule has 3 rings (SSSR count). The lowest BCUT2D eigenvalue weighted by Crippen LogP contribution is -2.17. The maximum Gasteiger partial charge on any atom is 0.123 e. The molecule has 0 aliphatic rings. The number of hydrogen-bond acceptors (Lipinski definition) is 5. The Bertz CT molecular complexity index is 760. The predicted octanol–water partition coefficient (Wildman–Crippen LogP) is 3.72. The first kappa shape index (κ1) is 13.0. The van der Waals surface area contributed by atoms with Gasteiger partial charge in [-0.3, -0.25) is 0 Å². The van der Waals surface area contributed by atoms with Gasteiger partial charge in [-0.05, 0) is 38.1 Å². The molecule has 2 aromatic heterocycles. The first-order valence-electron chi connectivity index (χ1n) is 6.46. The van der Waals surface area contributed by atoms with Gasteiger partial charge in [0.2, 0.25) is 0 Å². The summed E-state index contributed by atoms with van der Waals surface area (Å²) >= 11 is 1.67. The topological polar surface area (TPSA) is 55.3 Å². The Hall–Kier alpha value is -2.01. The summed E-state index contributed by atoms with van der Waals surface area (Å²) in [6, 6.07) is 8.01. The van der Waals surface area contributed by atoms with Crippen LogP contribution in [0.25, 0.3) is 10.2 Å². The van der Waals surface area contributed by atoms with E-state index in [0.717, 1.165) is 38.1 Å².